The number of ether oxygens (including phenoxy) is 1. The highest BCUT2D eigenvalue weighted by Crippen LogP contribution is 1.99. The van der Waals surface area contributed by atoms with Gasteiger partial charge in [0, 0.05) is 0 Å². The number of alkyl carbamates (subject to hydrolysis) is 1. The fraction of sp³-hybridized carbons (Fsp3) is 0.714. The lowest BCUT2D eigenvalue weighted by atomic mass is 10.1. The highest BCUT2D eigenvalue weighted by molar-refractivity contribution is 5.67. The first-order valence-corrected chi connectivity index (χ1v) is 3.36. The molecule has 0 rings (SSSR count). The van der Waals surface area contributed by atoms with E-state index in [1.807, 2.05) is 19.9 Å². The molecule has 11 heavy (non-hydrogen) atoms. The maximum atomic E-state index is 10.6. The van der Waals surface area contributed by atoms with Gasteiger partial charge in [-0.3, -0.25) is 0 Å². The second-order valence-corrected chi connectivity index (χ2v) is 2.49. The number of nitrogens with one attached hydrogen (secondary N) is 1. The van der Waals surface area contributed by atoms with Crippen LogP contribution in [0.25, 0.3) is 0 Å². The van der Waals surface area contributed by atoms with Gasteiger partial charge >= 0.3 is 6.09 Å². The Labute approximate surface area is 66.1 Å². The minimum atomic E-state index is -0.565. The standard InChI is InChI=1S/C7H12N2O2/c1-5(2)6(4-8)9-7(10)11-3/h5-6H,1-3H3,(H,9,10). The van der Waals surface area contributed by atoms with Gasteiger partial charge in [-0.25, -0.2) is 4.79 Å². The average Bonchev–Trinajstić information content (AvgIpc) is 1.99. The average molecular weight is 156 g/mol. The van der Waals surface area contributed by atoms with Crippen molar-refractivity contribution in [3.8, 4) is 6.07 Å². The van der Waals surface area contributed by atoms with Crippen molar-refractivity contribution in [3.05, 3.63) is 0 Å². The van der Waals surface area contributed by atoms with E-state index in [4.69, 9.17) is 5.26 Å². The summed E-state index contributed by atoms with van der Waals surface area (Å²) in [6.07, 6.45) is -0.565. The van der Waals surface area contributed by atoms with Gasteiger partial charge in [0.15, 0.2) is 0 Å². The monoisotopic (exact) mass is 156 g/mol. The predicted octanol–water partition coefficient (Wildman–Crippen LogP) is 0.891. The summed E-state index contributed by atoms with van der Waals surface area (Å²) in [6, 6.07) is 1.48. The normalized spacial score (nSPS) is 11.9. The number of carbonyl (C=O) groups excluding carboxylic acids is 1. The van der Waals surface area contributed by atoms with Gasteiger partial charge in [0.05, 0.1) is 13.2 Å². The smallest absolute Gasteiger partial charge is 0.407 e. The van der Waals surface area contributed by atoms with Crippen molar-refractivity contribution in [2.45, 2.75) is 19.9 Å². The molecule has 0 radical (unpaired) electrons. The van der Waals surface area contributed by atoms with E-state index in [1.54, 1.807) is 0 Å². The molecule has 0 aromatic heterocycles. The Kier molecular flexibility index (Phi) is 4.04. The van der Waals surface area contributed by atoms with Crippen LogP contribution in [0.1, 0.15) is 13.8 Å². The Hall–Kier alpha value is -1.24. The third-order valence-corrected chi connectivity index (χ3v) is 1.26. The van der Waals surface area contributed by atoms with E-state index >= 15 is 0 Å². The van der Waals surface area contributed by atoms with Gasteiger partial charge in [0.25, 0.3) is 0 Å². The second kappa shape index (κ2) is 4.56. The topological polar surface area (TPSA) is 62.1 Å². The largest absolute Gasteiger partial charge is 0.453 e. The molecule has 0 aliphatic heterocycles. The van der Waals surface area contributed by atoms with Crippen LogP contribution in [0.4, 0.5) is 4.79 Å². The van der Waals surface area contributed by atoms with Crippen molar-refractivity contribution in [2.24, 2.45) is 5.92 Å². The van der Waals surface area contributed by atoms with Gasteiger partial charge in [-0.1, -0.05) is 13.8 Å². The van der Waals surface area contributed by atoms with Gasteiger partial charge in [-0.05, 0) is 5.92 Å². The minimum Gasteiger partial charge on any atom is -0.453 e. The first kappa shape index (κ1) is 9.76. The third kappa shape index (κ3) is 3.46. The molecule has 0 saturated carbocycles. The van der Waals surface area contributed by atoms with Gasteiger partial charge in [-0.2, -0.15) is 5.26 Å². The van der Waals surface area contributed by atoms with Crippen molar-refractivity contribution in [1.29, 1.82) is 5.26 Å². The number of rotatable bonds is 2. The van der Waals surface area contributed by atoms with Crippen LogP contribution in [-0.4, -0.2) is 19.2 Å². The third-order valence-electron chi connectivity index (χ3n) is 1.26. The summed E-state index contributed by atoms with van der Waals surface area (Å²) in [5, 5.41) is 10.9. The number of amides is 1. The molecule has 0 aliphatic carbocycles. The Morgan fingerprint density at radius 1 is 1.64 bits per heavy atom. The molecule has 0 bridgehead atoms. The highest BCUT2D eigenvalue weighted by atomic mass is 16.5. The Morgan fingerprint density at radius 3 is 2.45 bits per heavy atom. The van der Waals surface area contributed by atoms with Crippen LogP contribution in [0.15, 0.2) is 0 Å². The van der Waals surface area contributed by atoms with Crippen LogP contribution < -0.4 is 5.32 Å². The van der Waals surface area contributed by atoms with Crippen LogP contribution in [-0.2, 0) is 4.74 Å². The molecule has 62 valence electrons. The Morgan fingerprint density at radius 2 is 2.18 bits per heavy atom. The van der Waals surface area contributed by atoms with Crippen LogP contribution >= 0.6 is 0 Å². The summed E-state index contributed by atoms with van der Waals surface area (Å²) in [6.45, 7) is 3.70. The zero-order valence-corrected chi connectivity index (χ0v) is 6.92. The summed E-state index contributed by atoms with van der Waals surface area (Å²) in [7, 11) is 1.27. The number of carbonyl (C=O) groups is 1. The molecule has 0 aliphatic rings. The number of methoxy groups -OCH3 is 1. The van der Waals surface area contributed by atoms with E-state index in [0.29, 0.717) is 0 Å². The molecule has 0 heterocycles. The summed E-state index contributed by atoms with van der Waals surface area (Å²) in [5.74, 6) is 0.0964. The van der Waals surface area contributed by atoms with E-state index in [9.17, 15) is 4.79 Å². The Bertz CT molecular complexity index is 172. The van der Waals surface area contributed by atoms with E-state index in [2.05, 4.69) is 10.1 Å². The van der Waals surface area contributed by atoms with E-state index < -0.39 is 12.1 Å². The first-order chi connectivity index (χ1) is 5.11. The SMILES string of the molecule is COC(=O)NC(C#N)C(C)C. The molecule has 0 aromatic rings. The van der Waals surface area contributed by atoms with E-state index in [1.165, 1.54) is 7.11 Å². The fourth-order valence-electron chi connectivity index (χ4n) is 0.534. The molecule has 1 unspecified atom stereocenters. The maximum absolute atomic E-state index is 10.6. The summed E-state index contributed by atoms with van der Waals surface area (Å²) < 4.78 is 4.33. The van der Waals surface area contributed by atoms with Crippen molar-refractivity contribution >= 4 is 6.09 Å². The molecule has 0 spiro atoms. The summed E-state index contributed by atoms with van der Waals surface area (Å²) >= 11 is 0. The molecule has 1 amide bonds. The number of nitrogens with zero attached hydrogens (tertiary/aromatic N) is 1. The van der Waals surface area contributed by atoms with Crippen molar-refractivity contribution in [2.75, 3.05) is 7.11 Å². The van der Waals surface area contributed by atoms with Gasteiger partial charge in [0.1, 0.15) is 6.04 Å². The molecular formula is C7H12N2O2. The molecule has 1 N–H and O–H groups in total. The van der Waals surface area contributed by atoms with Crippen LogP contribution in [0, 0.1) is 17.2 Å². The molecule has 4 heteroatoms. The van der Waals surface area contributed by atoms with Gasteiger partial charge in [-0.15, -0.1) is 0 Å². The van der Waals surface area contributed by atoms with Gasteiger partial charge in [0.2, 0.25) is 0 Å². The zero-order chi connectivity index (χ0) is 8.85. The summed E-state index contributed by atoms with van der Waals surface area (Å²) in [4.78, 5) is 10.6. The molecular weight excluding hydrogens is 144 g/mol. The molecule has 0 saturated heterocycles. The number of hydrogen-bond acceptors (Lipinski definition) is 3. The lowest BCUT2D eigenvalue weighted by molar-refractivity contribution is 0.166. The minimum absolute atomic E-state index is 0.0964. The first-order valence-electron chi connectivity index (χ1n) is 3.36. The van der Waals surface area contributed by atoms with Crippen molar-refractivity contribution in [3.63, 3.8) is 0 Å². The van der Waals surface area contributed by atoms with Crippen LogP contribution in [0.3, 0.4) is 0 Å². The zero-order valence-electron chi connectivity index (χ0n) is 6.92. The maximum Gasteiger partial charge on any atom is 0.407 e. The predicted molar refractivity (Wildman–Crippen MR) is 39.8 cm³/mol. The molecule has 0 fully saturated rings. The second-order valence-electron chi connectivity index (χ2n) is 2.49. The lowest BCUT2D eigenvalue weighted by Crippen LogP contribution is -2.37. The van der Waals surface area contributed by atoms with E-state index in [-0.39, 0.29) is 5.92 Å². The fourth-order valence-corrected chi connectivity index (χ4v) is 0.534. The molecule has 0 aromatic carbocycles. The van der Waals surface area contributed by atoms with Gasteiger partial charge < -0.3 is 10.1 Å². The van der Waals surface area contributed by atoms with Crippen molar-refractivity contribution in [1.82, 2.24) is 5.32 Å². The van der Waals surface area contributed by atoms with Crippen LogP contribution in [0.5, 0.6) is 0 Å². The van der Waals surface area contributed by atoms with Crippen LogP contribution in [0.2, 0.25) is 0 Å². The number of hydrogen-bond donors (Lipinski definition) is 1. The quantitative estimate of drug-likeness (QED) is 0.645. The van der Waals surface area contributed by atoms with Crippen molar-refractivity contribution < 1.29 is 9.53 Å². The summed E-state index contributed by atoms with van der Waals surface area (Å²) in [5.41, 5.74) is 0. The Balaban J connectivity index is 3.91. The van der Waals surface area contributed by atoms with E-state index in [0.717, 1.165) is 0 Å². The molecule has 1 atom stereocenters. The highest BCUT2D eigenvalue weighted by Gasteiger charge is 2.14. The number of nitriles is 1. The molecule has 4 nitrogen and oxygen atoms in total. The lowest BCUT2D eigenvalue weighted by Gasteiger charge is -2.12.